The summed E-state index contributed by atoms with van der Waals surface area (Å²) in [7, 11) is 1.95. The van der Waals surface area contributed by atoms with E-state index in [1.807, 2.05) is 11.7 Å². The summed E-state index contributed by atoms with van der Waals surface area (Å²) in [5, 5.41) is 7.57. The third-order valence-corrected chi connectivity index (χ3v) is 3.34. The first-order valence-corrected chi connectivity index (χ1v) is 6.09. The first-order chi connectivity index (χ1) is 7.81. The number of rotatable bonds is 4. The zero-order valence-corrected chi connectivity index (χ0v) is 10.2. The van der Waals surface area contributed by atoms with E-state index in [0.29, 0.717) is 6.04 Å². The summed E-state index contributed by atoms with van der Waals surface area (Å²) >= 11 is 0. The third-order valence-electron chi connectivity index (χ3n) is 3.34. The first-order valence-electron chi connectivity index (χ1n) is 6.09. The zero-order valence-electron chi connectivity index (χ0n) is 10.2. The average Bonchev–Trinajstić information content (AvgIpc) is 2.73. The van der Waals surface area contributed by atoms with Crippen molar-refractivity contribution in [1.29, 1.82) is 0 Å². The summed E-state index contributed by atoms with van der Waals surface area (Å²) in [5.74, 6) is 1.05. The van der Waals surface area contributed by atoms with Crippen molar-refractivity contribution in [2.45, 2.75) is 32.4 Å². The smallest absolute Gasteiger partial charge is 0.140 e. The van der Waals surface area contributed by atoms with Crippen molar-refractivity contribution >= 4 is 0 Å². The average molecular weight is 223 g/mol. The van der Waals surface area contributed by atoms with Crippen LogP contribution < -0.4 is 5.32 Å². The molecule has 1 N–H and O–H groups in total. The maximum atomic E-state index is 4.29. The largest absolute Gasteiger partial charge is 0.315 e. The summed E-state index contributed by atoms with van der Waals surface area (Å²) in [6.07, 6.45) is 4.20. The molecule has 1 aromatic heterocycles. The minimum atomic E-state index is 0.649. The van der Waals surface area contributed by atoms with Crippen molar-refractivity contribution in [3.63, 3.8) is 0 Å². The van der Waals surface area contributed by atoms with Gasteiger partial charge in [-0.05, 0) is 25.9 Å². The monoisotopic (exact) mass is 223 g/mol. The van der Waals surface area contributed by atoms with Crippen LogP contribution in [0, 0.1) is 0 Å². The molecule has 0 aromatic carbocycles. The molecule has 0 radical (unpaired) electrons. The summed E-state index contributed by atoms with van der Waals surface area (Å²) < 4.78 is 1.86. The SMILES string of the molecule is CCN(Cc1ncnn1C)C1CCCNC1. The number of nitrogens with one attached hydrogen (secondary N) is 1. The lowest BCUT2D eigenvalue weighted by Gasteiger charge is -2.33. The Bertz CT molecular complexity index is 316. The van der Waals surface area contributed by atoms with Crippen LogP contribution in [0.15, 0.2) is 6.33 Å². The first kappa shape index (κ1) is 11.5. The summed E-state index contributed by atoms with van der Waals surface area (Å²) in [6, 6.07) is 0.649. The van der Waals surface area contributed by atoms with Gasteiger partial charge in [0.05, 0.1) is 6.54 Å². The van der Waals surface area contributed by atoms with Gasteiger partial charge in [-0.3, -0.25) is 9.58 Å². The van der Waals surface area contributed by atoms with Gasteiger partial charge >= 0.3 is 0 Å². The van der Waals surface area contributed by atoms with Crippen molar-refractivity contribution in [3.05, 3.63) is 12.2 Å². The van der Waals surface area contributed by atoms with Crippen LogP contribution in [0.4, 0.5) is 0 Å². The summed E-state index contributed by atoms with van der Waals surface area (Å²) in [4.78, 5) is 6.77. The molecule has 1 fully saturated rings. The van der Waals surface area contributed by atoms with Crippen molar-refractivity contribution in [2.75, 3.05) is 19.6 Å². The number of aryl methyl sites for hydroxylation is 1. The van der Waals surface area contributed by atoms with Gasteiger partial charge in [0, 0.05) is 19.6 Å². The second kappa shape index (κ2) is 5.41. The fourth-order valence-corrected chi connectivity index (χ4v) is 2.29. The van der Waals surface area contributed by atoms with Gasteiger partial charge in [0.2, 0.25) is 0 Å². The molecular weight excluding hydrogens is 202 g/mol. The molecule has 1 aromatic rings. The van der Waals surface area contributed by atoms with E-state index in [-0.39, 0.29) is 0 Å². The molecule has 1 aliphatic rings. The Labute approximate surface area is 96.8 Å². The molecule has 0 saturated carbocycles. The van der Waals surface area contributed by atoms with Gasteiger partial charge in [-0.2, -0.15) is 5.10 Å². The van der Waals surface area contributed by atoms with Crippen LogP contribution in [-0.2, 0) is 13.6 Å². The van der Waals surface area contributed by atoms with Gasteiger partial charge in [-0.25, -0.2) is 4.98 Å². The Morgan fingerprint density at radius 3 is 3.06 bits per heavy atom. The van der Waals surface area contributed by atoms with Crippen LogP contribution in [0.1, 0.15) is 25.6 Å². The minimum absolute atomic E-state index is 0.649. The summed E-state index contributed by atoms with van der Waals surface area (Å²) in [5.41, 5.74) is 0. The Kier molecular flexibility index (Phi) is 3.90. The molecule has 16 heavy (non-hydrogen) atoms. The highest BCUT2D eigenvalue weighted by molar-refractivity contribution is 4.87. The van der Waals surface area contributed by atoms with E-state index >= 15 is 0 Å². The quantitative estimate of drug-likeness (QED) is 0.802. The lowest BCUT2D eigenvalue weighted by molar-refractivity contribution is 0.160. The van der Waals surface area contributed by atoms with Gasteiger partial charge in [0.1, 0.15) is 12.2 Å². The summed E-state index contributed by atoms with van der Waals surface area (Å²) in [6.45, 7) is 6.45. The molecule has 2 heterocycles. The standard InChI is InChI=1S/C11H21N5/c1-3-16(10-5-4-6-12-7-10)8-11-13-9-14-15(11)2/h9-10,12H,3-8H2,1-2H3. The second-order valence-electron chi connectivity index (χ2n) is 4.36. The molecule has 5 heteroatoms. The van der Waals surface area contributed by atoms with Gasteiger partial charge in [0.25, 0.3) is 0 Å². The molecule has 2 rings (SSSR count). The highest BCUT2D eigenvalue weighted by Crippen LogP contribution is 2.12. The lowest BCUT2D eigenvalue weighted by Crippen LogP contribution is -2.45. The van der Waals surface area contributed by atoms with Crippen LogP contribution in [-0.4, -0.2) is 45.3 Å². The van der Waals surface area contributed by atoms with Crippen molar-refractivity contribution in [3.8, 4) is 0 Å². The van der Waals surface area contributed by atoms with Crippen LogP contribution in [0.5, 0.6) is 0 Å². The molecule has 1 unspecified atom stereocenters. The van der Waals surface area contributed by atoms with Crippen LogP contribution in [0.25, 0.3) is 0 Å². The van der Waals surface area contributed by atoms with E-state index < -0.39 is 0 Å². The molecule has 1 atom stereocenters. The van der Waals surface area contributed by atoms with E-state index in [9.17, 15) is 0 Å². The number of hydrogen-bond donors (Lipinski definition) is 1. The second-order valence-corrected chi connectivity index (χ2v) is 4.36. The number of nitrogens with zero attached hydrogens (tertiary/aromatic N) is 4. The molecule has 1 aliphatic heterocycles. The van der Waals surface area contributed by atoms with Gasteiger partial charge < -0.3 is 5.32 Å². The predicted molar refractivity (Wildman–Crippen MR) is 63.0 cm³/mol. The number of hydrogen-bond acceptors (Lipinski definition) is 4. The van der Waals surface area contributed by atoms with E-state index in [0.717, 1.165) is 32.0 Å². The topological polar surface area (TPSA) is 46.0 Å². The predicted octanol–water partition coefficient (Wildman–Crippen LogP) is 0.389. The normalized spacial score (nSPS) is 21.6. The number of piperidine rings is 1. The molecular formula is C11H21N5. The van der Waals surface area contributed by atoms with E-state index in [1.54, 1.807) is 6.33 Å². The van der Waals surface area contributed by atoms with Gasteiger partial charge in [0.15, 0.2) is 0 Å². The van der Waals surface area contributed by atoms with Crippen molar-refractivity contribution in [2.24, 2.45) is 7.05 Å². The Hall–Kier alpha value is -0.940. The molecule has 0 spiro atoms. The molecule has 5 nitrogen and oxygen atoms in total. The molecule has 1 saturated heterocycles. The van der Waals surface area contributed by atoms with E-state index in [4.69, 9.17) is 0 Å². The van der Waals surface area contributed by atoms with E-state index in [1.165, 1.54) is 12.8 Å². The Balaban J connectivity index is 1.97. The van der Waals surface area contributed by atoms with E-state index in [2.05, 4.69) is 27.2 Å². The van der Waals surface area contributed by atoms with Crippen LogP contribution in [0.2, 0.25) is 0 Å². The van der Waals surface area contributed by atoms with Gasteiger partial charge in [-0.1, -0.05) is 6.92 Å². The highest BCUT2D eigenvalue weighted by Gasteiger charge is 2.20. The Morgan fingerprint density at radius 2 is 2.50 bits per heavy atom. The van der Waals surface area contributed by atoms with Gasteiger partial charge in [-0.15, -0.1) is 0 Å². The molecule has 90 valence electrons. The van der Waals surface area contributed by atoms with Crippen LogP contribution in [0.3, 0.4) is 0 Å². The zero-order chi connectivity index (χ0) is 11.4. The lowest BCUT2D eigenvalue weighted by atomic mass is 10.1. The highest BCUT2D eigenvalue weighted by atomic mass is 15.3. The molecule has 0 aliphatic carbocycles. The minimum Gasteiger partial charge on any atom is -0.315 e. The molecule has 0 amide bonds. The van der Waals surface area contributed by atoms with Crippen molar-refractivity contribution < 1.29 is 0 Å². The fraction of sp³-hybridized carbons (Fsp3) is 0.818. The van der Waals surface area contributed by atoms with Crippen molar-refractivity contribution in [1.82, 2.24) is 25.0 Å². The maximum absolute atomic E-state index is 4.29. The maximum Gasteiger partial charge on any atom is 0.140 e. The molecule has 0 bridgehead atoms. The fourth-order valence-electron chi connectivity index (χ4n) is 2.29. The van der Waals surface area contributed by atoms with Crippen LogP contribution >= 0.6 is 0 Å². The number of likely N-dealkylation sites (N-methyl/N-ethyl adjacent to an activating group) is 1. The third kappa shape index (κ3) is 2.59. The Morgan fingerprint density at radius 1 is 1.62 bits per heavy atom. The number of aromatic nitrogens is 3.